The Morgan fingerprint density at radius 3 is 2.70 bits per heavy atom. The van der Waals surface area contributed by atoms with E-state index in [9.17, 15) is 14.4 Å². The first-order valence-corrected chi connectivity index (χ1v) is 6.84. The van der Waals surface area contributed by atoms with Crippen molar-refractivity contribution in [1.82, 2.24) is 10.6 Å². The van der Waals surface area contributed by atoms with Crippen LogP contribution in [0, 0.1) is 11.8 Å². The van der Waals surface area contributed by atoms with Crippen LogP contribution in [0.1, 0.15) is 32.6 Å². The van der Waals surface area contributed by atoms with Crippen LogP contribution in [0.15, 0.2) is 0 Å². The molecule has 114 valence electrons. The SMILES string of the molecule is CC(CC(=O)O)CC(=O)NC(=O)NCCC1CCOC1. The molecule has 2 atom stereocenters. The molecule has 0 saturated carbocycles. The summed E-state index contributed by atoms with van der Waals surface area (Å²) < 4.78 is 5.22. The van der Waals surface area contributed by atoms with Crippen molar-refractivity contribution in [3.8, 4) is 0 Å². The number of ether oxygens (including phenoxy) is 1. The number of carboxylic acids is 1. The summed E-state index contributed by atoms with van der Waals surface area (Å²) in [7, 11) is 0. The lowest BCUT2D eigenvalue weighted by molar-refractivity contribution is -0.138. The number of hydrogen-bond acceptors (Lipinski definition) is 4. The molecule has 0 radical (unpaired) electrons. The first kappa shape index (κ1) is 16.4. The molecule has 0 aromatic rings. The van der Waals surface area contributed by atoms with E-state index in [2.05, 4.69) is 10.6 Å². The maximum atomic E-state index is 11.5. The molecule has 7 nitrogen and oxygen atoms in total. The summed E-state index contributed by atoms with van der Waals surface area (Å²) in [6, 6.07) is -0.531. The molecule has 0 aliphatic carbocycles. The summed E-state index contributed by atoms with van der Waals surface area (Å²) in [6.45, 7) is 3.66. The molecule has 1 aliphatic heterocycles. The van der Waals surface area contributed by atoms with E-state index in [1.54, 1.807) is 6.92 Å². The second-order valence-corrected chi connectivity index (χ2v) is 5.23. The number of aliphatic carboxylic acids is 1. The molecule has 1 saturated heterocycles. The minimum absolute atomic E-state index is 0.0240. The smallest absolute Gasteiger partial charge is 0.321 e. The van der Waals surface area contributed by atoms with Gasteiger partial charge >= 0.3 is 12.0 Å². The Hall–Kier alpha value is -1.63. The van der Waals surface area contributed by atoms with Gasteiger partial charge in [-0.05, 0) is 24.7 Å². The van der Waals surface area contributed by atoms with Gasteiger partial charge in [0.15, 0.2) is 0 Å². The average molecular weight is 286 g/mol. The van der Waals surface area contributed by atoms with Gasteiger partial charge in [0.25, 0.3) is 0 Å². The third-order valence-electron chi connectivity index (χ3n) is 3.17. The molecule has 2 unspecified atom stereocenters. The highest BCUT2D eigenvalue weighted by Gasteiger charge is 2.17. The molecule has 1 rings (SSSR count). The van der Waals surface area contributed by atoms with E-state index in [0.29, 0.717) is 12.5 Å². The largest absolute Gasteiger partial charge is 0.481 e. The van der Waals surface area contributed by atoms with Crippen molar-refractivity contribution in [3.63, 3.8) is 0 Å². The summed E-state index contributed by atoms with van der Waals surface area (Å²) in [5, 5.41) is 13.4. The first-order chi connectivity index (χ1) is 9.47. The van der Waals surface area contributed by atoms with Gasteiger partial charge in [0.1, 0.15) is 0 Å². The number of carboxylic acid groups (broad SMARTS) is 1. The van der Waals surface area contributed by atoms with E-state index in [0.717, 1.165) is 26.1 Å². The second kappa shape index (κ2) is 8.52. The highest BCUT2D eigenvalue weighted by atomic mass is 16.5. The number of rotatable bonds is 7. The number of hydrogen-bond donors (Lipinski definition) is 3. The zero-order valence-corrected chi connectivity index (χ0v) is 11.7. The molecule has 1 aliphatic rings. The lowest BCUT2D eigenvalue weighted by Crippen LogP contribution is -2.40. The van der Waals surface area contributed by atoms with Crippen LogP contribution in [0.5, 0.6) is 0 Å². The van der Waals surface area contributed by atoms with Gasteiger partial charge in [0.2, 0.25) is 5.91 Å². The summed E-state index contributed by atoms with van der Waals surface area (Å²) in [4.78, 5) is 33.4. The van der Waals surface area contributed by atoms with Crippen LogP contribution < -0.4 is 10.6 Å². The quantitative estimate of drug-likeness (QED) is 0.640. The topological polar surface area (TPSA) is 105 Å². The molecule has 3 amide bonds. The lowest BCUT2D eigenvalue weighted by Gasteiger charge is -2.11. The lowest BCUT2D eigenvalue weighted by atomic mass is 10.0. The van der Waals surface area contributed by atoms with Crippen molar-refractivity contribution in [2.45, 2.75) is 32.6 Å². The van der Waals surface area contributed by atoms with Gasteiger partial charge in [0, 0.05) is 32.6 Å². The van der Waals surface area contributed by atoms with E-state index in [4.69, 9.17) is 9.84 Å². The molecule has 7 heteroatoms. The fourth-order valence-electron chi connectivity index (χ4n) is 2.11. The monoisotopic (exact) mass is 286 g/mol. The van der Waals surface area contributed by atoms with Gasteiger partial charge in [-0.15, -0.1) is 0 Å². The minimum Gasteiger partial charge on any atom is -0.481 e. The first-order valence-electron chi connectivity index (χ1n) is 6.84. The number of urea groups is 1. The van der Waals surface area contributed by atoms with Crippen molar-refractivity contribution in [1.29, 1.82) is 0 Å². The molecule has 1 fully saturated rings. The standard InChI is InChI=1S/C13H22N2O5/c1-9(7-12(17)18)6-11(16)15-13(19)14-4-2-10-3-5-20-8-10/h9-10H,2-8H2,1H3,(H,17,18)(H2,14,15,16,19). The highest BCUT2D eigenvalue weighted by molar-refractivity contribution is 5.94. The molecule has 20 heavy (non-hydrogen) atoms. The van der Waals surface area contributed by atoms with Crippen LogP contribution in [-0.2, 0) is 14.3 Å². The van der Waals surface area contributed by atoms with Gasteiger partial charge in [-0.25, -0.2) is 4.79 Å². The molecule has 0 aromatic heterocycles. The maximum absolute atomic E-state index is 11.5. The Labute approximate surface area is 118 Å². The van der Waals surface area contributed by atoms with Crippen molar-refractivity contribution < 1.29 is 24.2 Å². The fourth-order valence-corrected chi connectivity index (χ4v) is 2.11. The highest BCUT2D eigenvalue weighted by Crippen LogP contribution is 2.15. The van der Waals surface area contributed by atoms with Crippen molar-refractivity contribution in [2.24, 2.45) is 11.8 Å². The zero-order valence-electron chi connectivity index (χ0n) is 11.7. The number of carbonyl (C=O) groups excluding carboxylic acids is 2. The minimum atomic E-state index is -0.950. The van der Waals surface area contributed by atoms with Crippen LogP contribution in [0.25, 0.3) is 0 Å². The van der Waals surface area contributed by atoms with Crippen molar-refractivity contribution in [3.05, 3.63) is 0 Å². The Morgan fingerprint density at radius 1 is 1.35 bits per heavy atom. The Bertz CT molecular complexity index is 353. The maximum Gasteiger partial charge on any atom is 0.321 e. The van der Waals surface area contributed by atoms with E-state index in [1.807, 2.05) is 0 Å². The Balaban J connectivity index is 2.10. The third kappa shape index (κ3) is 7.08. The van der Waals surface area contributed by atoms with Gasteiger partial charge in [-0.2, -0.15) is 0 Å². The fraction of sp³-hybridized carbons (Fsp3) is 0.769. The summed E-state index contributed by atoms with van der Waals surface area (Å²) >= 11 is 0. The predicted molar refractivity (Wildman–Crippen MR) is 71.1 cm³/mol. The van der Waals surface area contributed by atoms with Gasteiger partial charge in [0.05, 0.1) is 0 Å². The van der Waals surface area contributed by atoms with E-state index in [1.165, 1.54) is 0 Å². The van der Waals surface area contributed by atoms with Crippen LogP contribution in [0.2, 0.25) is 0 Å². The van der Waals surface area contributed by atoms with Crippen molar-refractivity contribution in [2.75, 3.05) is 19.8 Å². The molecule has 0 bridgehead atoms. The number of nitrogens with one attached hydrogen (secondary N) is 2. The number of imide groups is 1. The molecule has 3 N–H and O–H groups in total. The summed E-state index contributed by atoms with van der Waals surface area (Å²) in [6.07, 6.45) is 1.78. The van der Waals surface area contributed by atoms with E-state index in [-0.39, 0.29) is 18.8 Å². The molecular formula is C13H22N2O5. The summed E-state index contributed by atoms with van der Waals surface area (Å²) in [5.41, 5.74) is 0. The van der Waals surface area contributed by atoms with Crippen molar-refractivity contribution >= 4 is 17.9 Å². The van der Waals surface area contributed by atoms with E-state index >= 15 is 0 Å². The zero-order chi connectivity index (χ0) is 15.0. The number of amides is 3. The average Bonchev–Trinajstić information content (AvgIpc) is 2.80. The molecule has 0 aromatic carbocycles. The third-order valence-corrected chi connectivity index (χ3v) is 3.17. The Kier molecular flexibility index (Phi) is 7.00. The Morgan fingerprint density at radius 2 is 2.10 bits per heavy atom. The molecular weight excluding hydrogens is 264 g/mol. The van der Waals surface area contributed by atoms with Crippen LogP contribution in [0.3, 0.4) is 0 Å². The predicted octanol–water partition coefficient (Wildman–Crippen LogP) is 0.740. The number of carbonyl (C=O) groups is 3. The van der Waals surface area contributed by atoms with Crippen LogP contribution in [-0.4, -0.2) is 42.8 Å². The molecule has 1 heterocycles. The second-order valence-electron chi connectivity index (χ2n) is 5.23. The van der Waals surface area contributed by atoms with Crippen LogP contribution >= 0.6 is 0 Å². The van der Waals surface area contributed by atoms with E-state index < -0.39 is 17.9 Å². The molecule has 0 spiro atoms. The summed E-state index contributed by atoms with van der Waals surface area (Å²) in [5.74, 6) is -1.23. The van der Waals surface area contributed by atoms with Gasteiger partial charge < -0.3 is 15.2 Å². The normalized spacial score (nSPS) is 19.4. The van der Waals surface area contributed by atoms with Crippen LogP contribution in [0.4, 0.5) is 4.79 Å². The van der Waals surface area contributed by atoms with Gasteiger partial charge in [-0.1, -0.05) is 6.92 Å². The van der Waals surface area contributed by atoms with Gasteiger partial charge in [-0.3, -0.25) is 14.9 Å².